The van der Waals surface area contributed by atoms with E-state index < -0.39 is 0 Å². The van der Waals surface area contributed by atoms with Crippen molar-refractivity contribution < 1.29 is 9.53 Å². The Balaban J connectivity index is 1.97. The van der Waals surface area contributed by atoms with Crippen molar-refractivity contribution in [1.29, 1.82) is 0 Å². The van der Waals surface area contributed by atoms with Crippen LogP contribution < -0.4 is 5.32 Å². The first-order chi connectivity index (χ1) is 16.5. The Bertz CT molecular complexity index is 970. The van der Waals surface area contributed by atoms with E-state index in [0.717, 1.165) is 68.2 Å². The normalized spacial score (nSPS) is 13.9. The third-order valence-corrected chi connectivity index (χ3v) is 6.37. The number of nitrogens with one attached hydrogen (secondary N) is 1. The first kappa shape index (κ1) is 25.7. The number of hydrogen-bond acceptors (Lipinski definition) is 7. The average molecular weight is 466 g/mol. The summed E-state index contributed by atoms with van der Waals surface area (Å²) in [5.74, 6) is 1.22. The molecule has 7 nitrogen and oxygen atoms in total. The second-order valence-electron chi connectivity index (χ2n) is 8.90. The molecule has 0 fully saturated rings. The van der Waals surface area contributed by atoms with Crippen molar-refractivity contribution in [3.05, 3.63) is 53.4 Å². The molecule has 0 saturated carbocycles. The zero-order valence-corrected chi connectivity index (χ0v) is 21.3. The molecule has 0 amide bonds. The standard InChI is InChI=1S/C27H39N5O2/c1-6-31(7-2)16-11-15-28-26-23-18-22(27(33)34-5)19-32(20(3)4)17-14-24(23)29-25(30-26)21-12-9-8-10-13-21/h8-10,12-13,19-20H,6-7,11,14-18H2,1-5H3,(H,28,29,30). The molecule has 2 aromatic rings. The van der Waals surface area contributed by atoms with Crippen LogP contribution in [0.2, 0.25) is 0 Å². The number of hydrogen-bond donors (Lipinski definition) is 1. The van der Waals surface area contributed by atoms with Gasteiger partial charge in [0.15, 0.2) is 5.82 Å². The number of benzene rings is 1. The lowest BCUT2D eigenvalue weighted by Crippen LogP contribution is -2.31. The third kappa shape index (κ3) is 6.56. The summed E-state index contributed by atoms with van der Waals surface area (Å²) in [6.45, 7) is 13.4. The van der Waals surface area contributed by atoms with Gasteiger partial charge in [0.2, 0.25) is 0 Å². The molecule has 0 spiro atoms. The highest BCUT2D eigenvalue weighted by molar-refractivity contribution is 5.89. The number of nitrogens with zero attached hydrogens (tertiary/aromatic N) is 4. The number of methoxy groups -OCH3 is 1. The third-order valence-electron chi connectivity index (χ3n) is 6.37. The predicted molar refractivity (Wildman–Crippen MR) is 138 cm³/mol. The number of rotatable bonds is 10. The van der Waals surface area contributed by atoms with Gasteiger partial charge in [-0.3, -0.25) is 0 Å². The van der Waals surface area contributed by atoms with E-state index in [-0.39, 0.29) is 12.0 Å². The topological polar surface area (TPSA) is 70.6 Å². The van der Waals surface area contributed by atoms with Crippen LogP contribution in [0.3, 0.4) is 0 Å². The minimum Gasteiger partial charge on any atom is -0.466 e. The monoisotopic (exact) mass is 465 g/mol. The van der Waals surface area contributed by atoms with Crippen LogP contribution in [0.1, 0.15) is 45.4 Å². The highest BCUT2D eigenvalue weighted by Crippen LogP contribution is 2.28. The van der Waals surface area contributed by atoms with Gasteiger partial charge in [-0.25, -0.2) is 14.8 Å². The van der Waals surface area contributed by atoms with Crippen molar-refractivity contribution in [2.45, 2.75) is 53.0 Å². The number of carbonyl (C=O) groups is 1. The molecule has 1 N–H and O–H groups in total. The molecule has 0 unspecified atom stereocenters. The van der Waals surface area contributed by atoms with E-state index in [0.29, 0.717) is 17.8 Å². The number of esters is 1. The minimum absolute atomic E-state index is 0.273. The highest BCUT2D eigenvalue weighted by Gasteiger charge is 2.24. The quantitative estimate of drug-likeness (QED) is 0.417. The number of anilines is 1. The summed E-state index contributed by atoms with van der Waals surface area (Å²) in [5, 5.41) is 3.58. The zero-order valence-electron chi connectivity index (χ0n) is 21.3. The summed E-state index contributed by atoms with van der Waals surface area (Å²) in [4.78, 5) is 27.1. The molecule has 7 heteroatoms. The maximum absolute atomic E-state index is 12.6. The molecule has 184 valence electrons. The lowest BCUT2D eigenvalue weighted by Gasteiger charge is -2.29. The Labute approximate surface area is 204 Å². The van der Waals surface area contributed by atoms with E-state index in [1.165, 1.54) is 7.11 Å². The molecule has 1 aliphatic rings. The molecule has 2 heterocycles. The van der Waals surface area contributed by atoms with Crippen LogP contribution in [0.4, 0.5) is 5.82 Å². The number of aromatic nitrogens is 2. The fourth-order valence-electron chi connectivity index (χ4n) is 4.23. The molecule has 0 saturated heterocycles. The lowest BCUT2D eigenvalue weighted by atomic mass is 9.99. The summed E-state index contributed by atoms with van der Waals surface area (Å²) < 4.78 is 5.11. The van der Waals surface area contributed by atoms with Crippen LogP contribution in [-0.4, -0.2) is 71.6 Å². The van der Waals surface area contributed by atoms with Crippen LogP contribution >= 0.6 is 0 Å². The number of carbonyl (C=O) groups excluding carboxylic acids is 1. The van der Waals surface area contributed by atoms with Crippen LogP contribution in [0.25, 0.3) is 11.4 Å². The van der Waals surface area contributed by atoms with E-state index in [4.69, 9.17) is 14.7 Å². The number of ether oxygens (including phenoxy) is 1. The maximum Gasteiger partial charge on any atom is 0.335 e. The fraction of sp³-hybridized carbons (Fsp3) is 0.519. The van der Waals surface area contributed by atoms with Gasteiger partial charge >= 0.3 is 5.97 Å². The molecular formula is C27H39N5O2. The molecule has 0 radical (unpaired) electrons. The van der Waals surface area contributed by atoms with Crippen LogP contribution in [-0.2, 0) is 22.4 Å². The summed E-state index contributed by atoms with van der Waals surface area (Å²) in [5.41, 5.74) is 3.59. The van der Waals surface area contributed by atoms with E-state index >= 15 is 0 Å². The van der Waals surface area contributed by atoms with E-state index in [1.807, 2.05) is 36.5 Å². The zero-order chi connectivity index (χ0) is 24.5. The fourth-order valence-corrected chi connectivity index (χ4v) is 4.23. The smallest absolute Gasteiger partial charge is 0.335 e. The summed E-state index contributed by atoms with van der Waals surface area (Å²) in [6.07, 6.45) is 4.20. The van der Waals surface area contributed by atoms with Crippen LogP contribution in [0.5, 0.6) is 0 Å². The highest BCUT2D eigenvalue weighted by atomic mass is 16.5. The Morgan fingerprint density at radius 2 is 1.91 bits per heavy atom. The van der Waals surface area contributed by atoms with Gasteiger partial charge in [0.05, 0.1) is 18.4 Å². The van der Waals surface area contributed by atoms with Crippen LogP contribution in [0, 0.1) is 0 Å². The van der Waals surface area contributed by atoms with Crippen molar-refractivity contribution in [3.8, 4) is 11.4 Å². The van der Waals surface area contributed by atoms with Gasteiger partial charge < -0.3 is 19.9 Å². The minimum atomic E-state index is -0.307. The Kier molecular flexibility index (Phi) is 9.45. The van der Waals surface area contributed by atoms with Gasteiger partial charge in [0.25, 0.3) is 0 Å². The molecular weight excluding hydrogens is 426 g/mol. The van der Waals surface area contributed by atoms with Gasteiger partial charge in [-0.1, -0.05) is 44.2 Å². The molecule has 1 aromatic heterocycles. The second kappa shape index (κ2) is 12.5. The van der Waals surface area contributed by atoms with Crippen molar-refractivity contribution in [2.75, 3.05) is 45.2 Å². The summed E-state index contributed by atoms with van der Waals surface area (Å²) >= 11 is 0. The molecule has 0 aliphatic carbocycles. The van der Waals surface area contributed by atoms with Crippen LogP contribution in [0.15, 0.2) is 42.1 Å². The van der Waals surface area contributed by atoms with E-state index in [9.17, 15) is 4.79 Å². The van der Waals surface area contributed by atoms with Gasteiger partial charge in [-0.05, 0) is 39.9 Å². The molecule has 0 atom stereocenters. The Morgan fingerprint density at radius 1 is 1.18 bits per heavy atom. The van der Waals surface area contributed by atoms with Crippen molar-refractivity contribution >= 4 is 11.8 Å². The van der Waals surface area contributed by atoms with Crippen molar-refractivity contribution in [2.24, 2.45) is 0 Å². The van der Waals surface area contributed by atoms with Gasteiger partial charge in [-0.15, -0.1) is 0 Å². The van der Waals surface area contributed by atoms with Crippen molar-refractivity contribution in [3.63, 3.8) is 0 Å². The van der Waals surface area contributed by atoms with Gasteiger partial charge in [0, 0.05) is 49.3 Å². The Hall–Kier alpha value is -2.93. The summed E-state index contributed by atoms with van der Waals surface area (Å²) in [6, 6.07) is 10.4. The van der Waals surface area contributed by atoms with E-state index in [1.54, 1.807) is 0 Å². The SMILES string of the molecule is CCN(CC)CCCNc1nc(-c2ccccc2)nc2c1CC(C(=O)OC)=CN(C(C)C)CC2. The van der Waals surface area contributed by atoms with E-state index in [2.05, 4.69) is 42.8 Å². The first-order valence-corrected chi connectivity index (χ1v) is 12.4. The summed E-state index contributed by atoms with van der Waals surface area (Å²) in [7, 11) is 1.43. The Morgan fingerprint density at radius 3 is 2.56 bits per heavy atom. The molecule has 0 bridgehead atoms. The molecule has 3 rings (SSSR count). The second-order valence-corrected chi connectivity index (χ2v) is 8.90. The molecule has 34 heavy (non-hydrogen) atoms. The molecule has 1 aliphatic heterocycles. The lowest BCUT2D eigenvalue weighted by molar-refractivity contribution is -0.136. The predicted octanol–water partition coefficient (Wildman–Crippen LogP) is 4.15. The average Bonchev–Trinajstić information content (AvgIpc) is 2.84. The van der Waals surface area contributed by atoms with Gasteiger partial charge in [0.1, 0.15) is 5.82 Å². The maximum atomic E-state index is 12.6. The van der Waals surface area contributed by atoms with Crippen molar-refractivity contribution in [1.82, 2.24) is 19.8 Å². The molecule has 1 aromatic carbocycles. The number of fused-ring (bicyclic) bond motifs is 1. The first-order valence-electron chi connectivity index (χ1n) is 12.4. The van der Waals surface area contributed by atoms with Gasteiger partial charge in [-0.2, -0.15) is 0 Å². The largest absolute Gasteiger partial charge is 0.466 e.